The Labute approximate surface area is 204 Å². The predicted molar refractivity (Wildman–Crippen MR) is 131 cm³/mol. The number of rotatable bonds is 7. The molecule has 1 N–H and O–H groups in total. The monoisotopic (exact) mass is 501 g/mol. The summed E-state index contributed by atoms with van der Waals surface area (Å²) in [6.45, 7) is 4.85. The molecule has 1 fully saturated rings. The van der Waals surface area contributed by atoms with Crippen LogP contribution in [-0.4, -0.2) is 39.7 Å². The van der Waals surface area contributed by atoms with Crippen molar-refractivity contribution in [2.24, 2.45) is 0 Å². The number of esters is 1. The van der Waals surface area contributed by atoms with Crippen LogP contribution >= 0.6 is 0 Å². The number of carbonyl (C=O) groups is 1. The standard InChI is InChI=1S/C25H28FN3O5S/c1-4-17-8-9-18(25(30)33-3)14-22(17)35(31,32)28-24-21(29-12-6-5-7-13-29)11-10-19(23(24)26)20-15-27-34-16(20)2/h8-11,14-15,28H,4-7,12-13H2,1-3H3. The Bertz CT molecular complexity index is 1350. The summed E-state index contributed by atoms with van der Waals surface area (Å²) in [7, 11) is -3.04. The number of halogens is 1. The maximum Gasteiger partial charge on any atom is 0.337 e. The van der Waals surface area contributed by atoms with Crippen LogP contribution in [0.15, 0.2) is 45.9 Å². The van der Waals surface area contributed by atoms with Crippen molar-refractivity contribution in [2.45, 2.75) is 44.4 Å². The van der Waals surface area contributed by atoms with Crippen molar-refractivity contribution < 1.29 is 26.9 Å². The maximum absolute atomic E-state index is 16.0. The Morgan fingerprint density at radius 1 is 1.17 bits per heavy atom. The van der Waals surface area contributed by atoms with Crippen molar-refractivity contribution in [1.82, 2.24) is 5.16 Å². The Morgan fingerprint density at radius 2 is 1.91 bits per heavy atom. The molecule has 1 aliphatic heterocycles. The number of benzene rings is 2. The number of anilines is 2. The van der Waals surface area contributed by atoms with E-state index in [9.17, 15) is 13.2 Å². The summed E-state index contributed by atoms with van der Waals surface area (Å²) in [4.78, 5) is 13.9. The van der Waals surface area contributed by atoms with Gasteiger partial charge in [-0.1, -0.05) is 18.1 Å². The van der Waals surface area contributed by atoms with Crippen LogP contribution in [0.2, 0.25) is 0 Å². The first-order valence-corrected chi connectivity index (χ1v) is 13.0. The summed E-state index contributed by atoms with van der Waals surface area (Å²) in [5, 5.41) is 3.73. The second kappa shape index (κ2) is 10.1. The van der Waals surface area contributed by atoms with Crippen molar-refractivity contribution >= 4 is 27.4 Å². The average molecular weight is 502 g/mol. The number of nitrogens with zero attached hydrogens (tertiary/aromatic N) is 2. The SMILES string of the molecule is CCc1ccc(C(=O)OC)cc1S(=O)(=O)Nc1c(N2CCCCC2)ccc(-c2cnoc2C)c1F. The molecule has 0 atom stereocenters. The molecule has 1 saturated heterocycles. The first kappa shape index (κ1) is 24.7. The molecule has 35 heavy (non-hydrogen) atoms. The van der Waals surface area contributed by atoms with Gasteiger partial charge in [0.25, 0.3) is 10.0 Å². The van der Waals surface area contributed by atoms with Crippen molar-refractivity contribution in [3.8, 4) is 11.1 Å². The summed E-state index contributed by atoms with van der Waals surface area (Å²) < 4.78 is 55.6. The Balaban J connectivity index is 1.85. The molecule has 8 nitrogen and oxygen atoms in total. The number of carbonyl (C=O) groups excluding carboxylic acids is 1. The number of piperidine rings is 1. The normalized spacial score (nSPS) is 14.1. The zero-order chi connectivity index (χ0) is 25.2. The molecule has 2 aromatic carbocycles. The van der Waals surface area contributed by atoms with E-state index in [0.717, 1.165) is 19.3 Å². The average Bonchev–Trinajstić information content (AvgIpc) is 3.30. The summed E-state index contributed by atoms with van der Waals surface area (Å²) in [6.07, 6.45) is 4.74. The predicted octanol–water partition coefficient (Wildman–Crippen LogP) is 4.93. The van der Waals surface area contributed by atoms with Crippen LogP contribution in [0.25, 0.3) is 11.1 Å². The molecule has 2 heterocycles. The lowest BCUT2D eigenvalue weighted by Gasteiger charge is -2.31. The lowest BCUT2D eigenvalue weighted by Crippen LogP contribution is -2.31. The van der Waals surface area contributed by atoms with Crippen LogP contribution < -0.4 is 9.62 Å². The molecular weight excluding hydrogens is 473 g/mol. The highest BCUT2D eigenvalue weighted by Crippen LogP contribution is 2.39. The maximum atomic E-state index is 16.0. The van der Waals surface area contributed by atoms with Gasteiger partial charge in [0, 0.05) is 24.2 Å². The Hall–Kier alpha value is -3.40. The molecule has 0 amide bonds. The van der Waals surface area contributed by atoms with Gasteiger partial charge in [0.1, 0.15) is 11.4 Å². The molecule has 1 aliphatic rings. The van der Waals surface area contributed by atoms with Crippen molar-refractivity contribution in [1.29, 1.82) is 0 Å². The van der Waals surface area contributed by atoms with Gasteiger partial charge < -0.3 is 14.2 Å². The molecule has 0 saturated carbocycles. The largest absolute Gasteiger partial charge is 0.465 e. The molecule has 0 unspecified atom stereocenters. The van der Waals surface area contributed by atoms with Crippen LogP contribution in [0.1, 0.15) is 47.9 Å². The van der Waals surface area contributed by atoms with Gasteiger partial charge >= 0.3 is 5.97 Å². The molecular formula is C25H28FN3O5S. The van der Waals surface area contributed by atoms with Gasteiger partial charge in [-0.25, -0.2) is 17.6 Å². The molecule has 10 heteroatoms. The molecule has 3 aromatic rings. The van der Waals surface area contributed by atoms with Gasteiger partial charge in [-0.3, -0.25) is 4.72 Å². The zero-order valence-electron chi connectivity index (χ0n) is 19.9. The Kier molecular flexibility index (Phi) is 7.11. The number of aryl methyl sites for hydroxylation is 2. The van der Waals surface area contributed by atoms with Crippen LogP contribution in [0.4, 0.5) is 15.8 Å². The van der Waals surface area contributed by atoms with E-state index in [1.807, 2.05) is 4.90 Å². The van der Waals surface area contributed by atoms with Gasteiger partial charge in [-0.05, 0) is 62.4 Å². The number of methoxy groups -OCH3 is 1. The molecule has 186 valence electrons. The van der Waals surface area contributed by atoms with Crippen LogP contribution in [0, 0.1) is 12.7 Å². The van der Waals surface area contributed by atoms with Crippen molar-refractivity contribution in [3.63, 3.8) is 0 Å². The number of sulfonamides is 1. The molecule has 0 spiro atoms. The van der Waals surface area contributed by atoms with E-state index >= 15 is 4.39 Å². The van der Waals surface area contributed by atoms with Crippen LogP contribution in [-0.2, 0) is 21.2 Å². The second-order valence-electron chi connectivity index (χ2n) is 8.44. The smallest absolute Gasteiger partial charge is 0.337 e. The summed E-state index contributed by atoms with van der Waals surface area (Å²) >= 11 is 0. The first-order chi connectivity index (χ1) is 16.8. The fourth-order valence-electron chi connectivity index (χ4n) is 4.36. The number of nitrogens with one attached hydrogen (secondary N) is 1. The first-order valence-electron chi connectivity index (χ1n) is 11.5. The fraction of sp³-hybridized carbons (Fsp3) is 0.360. The van der Waals surface area contributed by atoms with Gasteiger partial charge in [0.15, 0.2) is 5.82 Å². The minimum absolute atomic E-state index is 0.0932. The van der Waals surface area contributed by atoms with Crippen LogP contribution in [0.3, 0.4) is 0 Å². The third kappa shape index (κ3) is 4.88. The number of hydrogen-bond donors (Lipinski definition) is 1. The molecule has 4 rings (SSSR count). The van der Waals surface area contributed by atoms with Crippen molar-refractivity contribution in [3.05, 3.63) is 59.2 Å². The van der Waals surface area contributed by atoms with Crippen molar-refractivity contribution in [2.75, 3.05) is 29.8 Å². The zero-order valence-corrected chi connectivity index (χ0v) is 20.7. The number of hydrogen-bond acceptors (Lipinski definition) is 7. The summed E-state index contributed by atoms with van der Waals surface area (Å²) in [6, 6.07) is 7.68. The quantitative estimate of drug-likeness (QED) is 0.458. The van der Waals surface area contributed by atoms with Crippen LogP contribution in [0.5, 0.6) is 0 Å². The van der Waals surface area contributed by atoms with E-state index in [1.54, 1.807) is 32.0 Å². The third-order valence-corrected chi connectivity index (χ3v) is 7.68. The Morgan fingerprint density at radius 3 is 2.54 bits per heavy atom. The summed E-state index contributed by atoms with van der Waals surface area (Å²) in [5.41, 5.74) is 1.53. The highest BCUT2D eigenvalue weighted by molar-refractivity contribution is 7.92. The van der Waals surface area contributed by atoms with E-state index in [2.05, 4.69) is 9.88 Å². The fourth-order valence-corrected chi connectivity index (χ4v) is 5.77. The summed E-state index contributed by atoms with van der Waals surface area (Å²) in [5.74, 6) is -0.957. The third-order valence-electron chi connectivity index (χ3n) is 6.25. The highest BCUT2D eigenvalue weighted by Gasteiger charge is 2.27. The second-order valence-corrected chi connectivity index (χ2v) is 10.1. The number of aromatic nitrogens is 1. The minimum atomic E-state index is -4.26. The molecule has 1 aromatic heterocycles. The topological polar surface area (TPSA) is 102 Å². The van der Waals surface area contributed by atoms with Gasteiger partial charge in [-0.15, -0.1) is 0 Å². The van der Waals surface area contributed by atoms with Gasteiger partial charge in [0.2, 0.25) is 0 Å². The van der Waals surface area contributed by atoms with E-state index in [-0.39, 0.29) is 21.7 Å². The molecule has 0 aliphatic carbocycles. The van der Waals surface area contributed by atoms with E-state index < -0.39 is 21.8 Å². The minimum Gasteiger partial charge on any atom is -0.465 e. The lowest BCUT2D eigenvalue weighted by molar-refractivity contribution is 0.0600. The van der Waals surface area contributed by atoms with E-state index in [1.165, 1.54) is 25.4 Å². The highest BCUT2D eigenvalue weighted by atomic mass is 32.2. The molecule has 0 bridgehead atoms. The van der Waals surface area contributed by atoms with E-state index in [4.69, 9.17) is 9.26 Å². The van der Waals surface area contributed by atoms with Gasteiger partial charge in [0.05, 0.1) is 29.5 Å². The van der Waals surface area contributed by atoms with E-state index in [0.29, 0.717) is 42.1 Å². The van der Waals surface area contributed by atoms with Gasteiger partial charge in [-0.2, -0.15) is 0 Å². The number of ether oxygens (including phenoxy) is 1. The lowest BCUT2D eigenvalue weighted by atomic mass is 10.0. The molecule has 0 radical (unpaired) electrons.